The summed E-state index contributed by atoms with van der Waals surface area (Å²) in [5.41, 5.74) is 1.08. The maximum absolute atomic E-state index is 4.38. The number of nitrogens with zero attached hydrogens (tertiary/aromatic N) is 5. The van der Waals surface area contributed by atoms with Gasteiger partial charge < -0.3 is 10.2 Å². The van der Waals surface area contributed by atoms with Crippen molar-refractivity contribution in [2.24, 2.45) is 0 Å². The number of hydrogen-bond donors (Lipinski definition) is 1. The normalized spacial score (nSPS) is 16.3. The van der Waals surface area contributed by atoms with Gasteiger partial charge in [-0.25, -0.2) is 4.98 Å². The molecule has 21 heavy (non-hydrogen) atoms. The fraction of sp³-hybridized carbons (Fsp3) is 0.615. The molecule has 3 rings (SSSR count). The van der Waals surface area contributed by atoms with E-state index in [9.17, 15) is 0 Å². The van der Waals surface area contributed by atoms with Crippen LogP contribution in [0.1, 0.15) is 19.0 Å². The highest BCUT2D eigenvalue weighted by Gasteiger charge is 2.20. The summed E-state index contributed by atoms with van der Waals surface area (Å²) in [7, 11) is 0. The zero-order chi connectivity index (χ0) is 14.5. The highest BCUT2D eigenvalue weighted by molar-refractivity contribution is 7.13. The van der Waals surface area contributed by atoms with E-state index in [2.05, 4.69) is 36.6 Å². The van der Waals surface area contributed by atoms with E-state index in [4.69, 9.17) is 0 Å². The van der Waals surface area contributed by atoms with Crippen LogP contribution in [-0.2, 0) is 6.54 Å². The lowest BCUT2D eigenvalue weighted by molar-refractivity contribution is 0.247. The molecule has 0 saturated carbocycles. The Bertz CT molecular complexity index is 533. The molecule has 0 bridgehead atoms. The SMILES string of the molecule is CCCNc1snnc1CN1CCN(c2nccs2)CC1. The number of aromatic nitrogens is 3. The van der Waals surface area contributed by atoms with E-state index in [-0.39, 0.29) is 0 Å². The van der Waals surface area contributed by atoms with Crippen LogP contribution < -0.4 is 10.2 Å². The molecule has 0 atom stereocenters. The Morgan fingerprint density at radius 2 is 2.14 bits per heavy atom. The fourth-order valence-electron chi connectivity index (χ4n) is 2.37. The van der Waals surface area contributed by atoms with Gasteiger partial charge in [-0.2, -0.15) is 0 Å². The largest absolute Gasteiger partial charge is 0.374 e. The van der Waals surface area contributed by atoms with Gasteiger partial charge in [0.25, 0.3) is 0 Å². The van der Waals surface area contributed by atoms with Gasteiger partial charge in [-0.05, 0) is 6.42 Å². The van der Waals surface area contributed by atoms with Crippen molar-refractivity contribution in [3.63, 3.8) is 0 Å². The van der Waals surface area contributed by atoms with Crippen LogP contribution in [0.5, 0.6) is 0 Å². The molecule has 1 N–H and O–H groups in total. The van der Waals surface area contributed by atoms with Crippen molar-refractivity contribution in [2.45, 2.75) is 19.9 Å². The van der Waals surface area contributed by atoms with Gasteiger partial charge in [-0.3, -0.25) is 4.90 Å². The minimum atomic E-state index is 0.883. The van der Waals surface area contributed by atoms with Crippen LogP contribution in [0.15, 0.2) is 11.6 Å². The molecule has 0 spiro atoms. The van der Waals surface area contributed by atoms with Gasteiger partial charge in [0.05, 0.1) is 0 Å². The van der Waals surface area contributed by atoms with Gasteiger partial charge in [0.2, 0.25) is 0 Å². The van der Waals surface area contributed by atoms with Gasteiger partial charge in [-0.1, -0.05) is 11.4 Å². The Hall–Kier alpha value is -1.25. The summed E-state index contributed by atoms with van der Waals surface area (Å²) >= 11 is 3.17. The van der Waals surface area contributed by atoms with E-state index >= 15 is 0 Å². The number of piperazine rings is 1. The van der Waals surface area contributed by atoms with Crippen molar-refractivity contribution in [1.29, 1.82) is 0 Å². The third-order valence-corrected chi connectivity index (χ3v) is 5.08. The number of hydrogen-bond acceptors (Lipinski definition) is 8. The quantitative estimate of drug-likeness (QED) is 0.878. The molecule has 6 nitrogen and oxygen atoms in total. The number of thiazole rings is 1. The molecule has 3 heterocycles. The molecule has 1 fully saturated rings. The summed E-state index contributed by atoms with van der Waals surface area (Å²) in [5.74, 6) is 0. The van der Waals surface area contributed by atoms with Crippen LogP contribution in [0.4, 0.5) is 10.1 Å². The second-order valence-electron chi connectivity index (χ2n) is 5.05. The monoisotopic (exact) mass is 324 g/mol. The molecule has 1 aliphatic heterocycles. The molecule has 1 saturated heterocycles. The highest BCUT2D eigenvalue weighted by Crippen LogP contribution is 2.22. The Kier molecular flexibility index (Phi) is 5.00. The van der Waals surface area contributed by atoms with E-state index in [1.807, 2.05) is 11.6 Å². The van der Waals surface area contributed by atoms with Crippen LogP contribution in [-0.4, -0.2) is 52.2 Å². The Labute approximate surface area is 133 Å². The highest BCUT2D eigenvalue weighted by atomic mass is 32.1. The minimum Gasteiger partial charge on any atom is -0.374 e. The fourth-order valence-corrected chi connectivity index (χ4v) is 3.66. The van der Waals surface area contributed by atoms with Crippen molar-refractivity contribution in [3.05, 3.63) is 17.3 Å². The molecule has 0 radical (unpaired) electrons. The molecule has 114 valence electrons. The minimum absolute atomic E-state index is 0.883. The van der Waals surface area contributed by atoms with Crippen LogP contribution in [0.3, 0.4) is 0 Å². The zero-order valence-electron chi connectivity index (χ0n) is 12.2. The lowest BCUT2D eigenvalue weighted by atomic mass is 10.3. The molecule has 2 aromatic heterocycles. The van der Waals surface area contributed by atoms with Gasteiger partial charge in [0, 0.05) is 62.4 Å². The number of nitrogens with one attached hydrogen (secondary N) is 1. The predicted molar refractivity (Wildman–Crippen MR) is 88.3 cm³/mol. The number of anilines is 2. The Morgan fingerprint density at radius 3 is 2.86 bits per heavy atom. The second kappa shape index (κ2) is 7.15. The first-order valence-corrected chi connectivity index (χ1v) is 8.94. The Balaban J connectivity index is 1.52. The average Bonchev–Trinajstić information content (AvgIpc) is 3.18. The molecule has 0 unspecified atom stereocenters. The van der Waals surface area contributed by atoms with E-state index < -0.39 is 0 Å². The molecule has 1 aliphatic rings. The molecule has 0 aliphatic carbocycles. The lowest BCUT2D eigenvalue weighted by Crippen LogP contribution is -2.46. The van der Waals surface area contributed by atoms with Crippen LogP contribution in [0.2, 0.25) is 0 Å². The topological polar surface area (TPSA) is 57.2 Å². The van der Waals surface area contributed by atoms with Gasteiger partial charge >= 0.3 is 0 Å². The van der Waals surface area contributed by atoms with E-state index in [1.54, 1.807) is 11.3 Å². The molecular weight excluding hydrogens is 304 g/mol. The van der Waals surface area contributed by atoms with E-state index in [1.165, 1.54) is 11.5 Å². The summed E-state index contributed by atoms with van der Waals surface area (Å²) in [6.45, 7) is 8.18. The van der Waals surface area contributed by atoms with Crippen LogP contribution >= 0.6 is 22.9 Å². The predicted octanol–water partition coefficient (Wildman–Crippen LogP) is 2.14. The summed E-state index contributed by atoms with van der Waals surface area (Å²) in [6.07, 6.45) is 2.99. The Morgan fingerprint density at radius 1 is 1.29 bits per heavy atom. The maximum Gasteiger partial charge on any atom is 0.185 e. The summed E-state index contributed by atoms with van der Waals surface area (Å²) in [6, 6.07) is 0. The average molecular weight is 324 g/mol. The first kappa shape index (κ1) is 14.7. The van der Waals surface area contributed by atoms with Crippen molar-refractivity contribution >= 4 is 33.0 Å². The third kappa shape index (κ3) is 3.69. The first-order valence-electron chi connectivity index (χ1n) is 7.28. The maximum atomic E-state index is 4.38. The van der Waals surface area contributed by atoms with Crippen molar-refractivity contribution in [2.75, 3.05) is 42.9 Å². The smallest absolute Gasteiger partial charge is 0.185 e. The molecule has 0 aromatic carbocycles. The van der Waals surface area contributed by atoms with Crippen molar-refractivity contribution < 1.29 is 0 Å². The van der Waals surface area contributed by atoms with Crippen molar-refractivity contribution in [1.82, 2.24) is 19.5 Å². The summed E-state index contributed by atoms with van der Waals surface area (Å²) in [5, 5.41) is 12.0. The lowest BCUT2D eigenvalue weighted by Gasteiger charge is -2.34. The summed E-state index contributed by atoms with van der Waals surface area (Å²) < 4.78 is 4.08. The molecule has 8 heteroatoms. The second-order valence-corrected chi connectivity index (χ2v) is 6.68. The van der Waals surface area contributed by atoms with Gasteiger partial charge in [-0.15, -0.1) is 16.4 Å². The van der Waals surface area contributed by atoms with Crippen LogP contribution in [0.25, 0.3) is 0 Å². The van der Waals surface area contributed by atoms with E-state index in [0.29, 0.717) is 0 Å². The standard InChI is InChI=1S/C13H20N6S2/c1-2-3-14-12-11(16-17-21-12)10-18-5-7-19(8-6-18)13-15-4-9-20-13/h4,9,14H,2-3,5-8,10H2,1H3. The molecule has 0 amide bonds. The summed E-state index contributed by atoms with van der Waals surface area (Å²) in [4.78, 5) is 9.18. The van der Waals surface area contributed by atoms with Gasteiger partial charge in [0.1, 0.15) is 10.7 Å². The number of rotatable bonds is 6. The van der Waals surface area contributed by atoms with Crippen molar-refractivity contribution in [3.8, 4) is 0 Å². The molecule has 2 aromatic rings. The van der Waals surface area contributed by atoms with E-state index in [0.717, 1.165) is 61.5 Å². The molecular formula is C13H20N6S2. The third-order valence-electron chi connectivity index (χ3n) is 3.53. The van der Waals surface area contributed by atoms with Crippen LogP contribution in [0, 0.1) is 0 Å². The van der Waals surface area contributed by atoms with Gasteiger partial charge in [0.15, 0.2) is 5.13 Å². The first-order chi connectivity index (χ1) is 10.4. The zero-order valence-corrected chi connectivity index (χ0v) is 13.8.